The molecule has 1 N–H and O–H groups in total. The van der Waals surface area contributed by atoms with E-state index in [2.05, 4.69) is 17.2 Å². The number of hydrogen-bond donors (Lipinski definition) is 1. The van der Waals surface area contributed by atoms with E-state index in [1.807, 2.05) is 11.6 Å². The molecule has 0 saturated heterocycles. The van der Waals surface area contributed by atoms with Gasteiger partial charge in [0, 0.05) is 24.2 Å². The first-order valence-electron chi connectivity index (χ1n) is 5.46. The van der Waals surface area contributed by atoms with Gasteiger partial charge in [-0.3, -0.25) is 0 Å². The van der Waals surface area contributed by atoms with E-state index in [0.717, 1.165) is 18.5 Å². The maximum atomic E-state index is 4.27. The van der Waals surface area contributed by atoms with Crippen LogP contribution in [0.5, 0.6) is 0 Å². The fourth-order valence-electron chi connectivity index (χ4n) is 2.04. The molecule has 1 heterocycles. The van der Waals surface area contributed by atoms with E-state index in [9.17, 15) is 0 Å². The number of nitrogens with one attached hydrogen (secondary N) is 1. The van der Waals surface area contributed by atoms with E-state index in [1.54, 1.807) is 11.3 Å². The highest BCUT2D eigenvalue weighted by Gasteiger charge is 2.17. The minimum Gasteiger partial charge on any atom is -0.308 e. The third kappa shape index (κ3) is 2.79. The second-order valence-corrected chi connectivity index (χ2v) is 5.24. The van der Waals surface area contributed by atoms with Gasteiger partial charge in [-0.15, -0.1) is 11.3 Å². The lowest BCUT2D eigenvalue weighted by molar-refractivity contribution is 0.306. The summed E-state index contributed by atoms with van der Waals surface area (Å²) in [4.78, 5) is 4.27. The van der Waals surface area contributed by atoms with Gasteiger partial charge in [0.1, 0.15) is 5.01 Å². The number of thiazole rings is 1. The van der Waals surface area contributed by atoms with Gasteiger partial charge in [-0.05, 0) is 31.6 Å². The average molecular weight is 210 g/mol. The van der Waals surface area contributed by atoms with Crippen LogP contribution in [0.15, 0.2) is 11.6 Å². The molecule has 14 heavy (non-hydrogen) atoms. The molecule has 0 atom stereocenters. The van der Waals surface area contributed by atoms with Crippen LogP contribution in [-0.4, -0.2) is 11.0 Å². The zero-order valence-electron chi connectivity index (χ0n) is 8.70. The van der Waals surface area contributed by atoms with Crippen LogP contribution in [0.3, 0.4) is 0 Å². The van der Waals surface area contributed by atoms with Gasteiger partial charge in [0.05, 0.1) is 0 Å². The molecule has 3 heteroatoms. The molecule has 1 fully saturated rings. The summed E-state index contributed by atoms with van der Waals surface area (Å²) in [5.41, 5.74) is 0. The second-order valence-electron chi connectivity index (χ2n) is 4.26. The number of nitrogens with zero attached hydrogens (tertiary/aromatic N) is 1. The van der Waals surface area contributed by atoms with Crippen LogP contribution >= 0.6 is 11.3 Å². The highest BCUT2D eigenvalue weighted by molar-refractivity contribution is 7.09. The molecule has 0 aliphatic heterocycles. The van der Waals surface area contributed by atoms with Crippen molar-refractivity contribution in [2.75, 3.05) is 0 Å². The molecule has 78 valence electrons. The lowest BCUT2D eigenvalue weighted by Crippen LogP contribution is -2.32. The summed E-state index contributed by atoms with van der Waals surface area (Å²) in [7, 11) is 0. The fourth-order valence-corrected chi connectivity index (χ4v) is 2.60. The van der Waals surface area contributed by atoms with Crippen LogP contribution in [0.1, 0.15) is 37.6 Å². The Bertz CT molecular complexity index is 250. The molecule has 1 aromatic rings. The van der Waals surface area contributed by atoms with Gasteiger partial charge in [0.15, 0.2) is 0 Å². The van der Waals surface area contributed by atoms with Crippen molar-refractivity contribution in [1.29, 1.82) is 0 Å². The first-order chi connectivity index (χ1) is 6.84. The molecule has 1 saturated carbocycles. The van der Waals surface area contributed by atoms with Gasteiger partial charge in [0.25, 0.3) is 0 Å². The molecule has 0 aromatic carbocycles. The molecule has 0 radical (unpaired) electrons. The quantitative estimate of drug-likeness (QED) is 0.830. The Labute approximate surface area is 89.8 Å². The highest BCUT2D eigenvalue weighted by Crippen LogP contribution is 2.23. The summed E-state index contributed by atoms with van der Waals surface area (Å²) < 4.78 is 0. The number of hydrogen-bond acceptors (Lipinski definition) is 3. The lowest BCUT2D eigenvalue weighted by Gasteiger charge is -2.26. The third-order valence-corrected chi connectivity index (χ3v) is 3.82. The van der Waals surface area contributed by atoms with Crippen LogP contribution < -0.4 is 5.32 Å². The molecule has 1 aromatic heterocycles. The minimum atomic E-state index is 0.732. The van der Waals surface area contributed by atoms with Crippen molar-refractivity contribution in [2.45, 2.75) is 45.2 Å². The van der Waals surface area contributed by atoms with Crippen molar-refractivity contribution in [1.82, 2.24) is 10.3 Å². The monoisotopic (exact) mass is 210 g/mol. The molecule has 0 amide bonds. The molecule has 2 rings (SSSR count). The molecule has 0 spiro atoms. The SMILES string of the molecule is C[C@H]1CC[C@@H](NCc2nccs2)CC1. The van der Waals surface area contributed by atoms with E-state index in [4.69, 9.17) is 0 Å². The van der Waals surface area contributed by atoms with Gasteiger partial charge >= 0.3 is 0 Å². The molecule has 1 aliphatic rings. The van der Waals surface area contributed by atoms with Crippen molar-refractivity contribution in [3.63, 3.8) is 0 Å². The Morgan fingerprint density at radius 3 is 2.86 bits per heavy atom. The second kappa shape index (κ2) is 4.89. The van der Waals surface area contributed by atoms with E-state index in [1.165, 1.54) is 30.7 Å². The maximum Gasteiger partial charge on any atom is 0.106 e. The number of aromatic nitrogens is 1. The van der Waals surface area contributed by atoms with E-state index in [0.29, 0.717) is 0 Å². The summed E-state index contributed by atoms with van der Waals surface area (Å²) in [6, 6.07) is 0.732. The topological polar surface area (TPSA) is 24.9 Å². The van der Waals surface area contributed by atoms with Crippen molar-refractivity contribution in [2.24, 2.45) is 5.92 Å². The average Bonchev–Trinajstić information content (AvgIpc) is 2.70. The minimum absolute atomic E-state index is 0.732. The van der Waals surface area contributed by atoms with Crippen LogP contribution in [0.4, 0.5) is 0 Å². The van der Waals surface area contributed by atoms with Gasteiger partial charge < -0.3 is 5.32 Å². The van der Waals surface area contributed by atoms with Crippen LogP contribution in [0, 0.1) is 5.92 Å². The van der Waals surface area contributed by atoms with Gasteiger partial charge in [-0.25, -0.2) is 4.98 Å². The number of rotatable bonds is 3. The largest absolute Gasteiger partial charge is 0.308 e. The van der Waals surface area contributed by atoms with E-state index in [-0.39, 0.29) is 0 Å². The summed E-state index contributed by atoms with van der Waals surface area (Å²) in [6.45, 7) is 3.31. The molecular formula is C11H18N2S. The molecular weight excluding hydrogens is 192 g/mol. The fraction of sp³-hybridized carbons (Fsp3) is 0.727. The predicted molar refractivity (Wildman–Crippen MR) is 60.4 cm³/mol. The summed E-state index contributed by atoms with van der Waals surface area (Å²) >= 11 is 1.74. The predicted octanol–water partition coefficient (Wildman–Crippen LogP) is 2.81. The van der Waals surface area contributed by atoms with Gasteiger partial charge in [-0.1, -0.05) is 6.92 Å². The summed E-state index contributed by atoms with van der Waals surface area (Å²) in [6.07, 6.45) is 7.33. The zero-order valence-corrected chi connectivity index (χ0v) is 9.52. The third-order valence-electron chi connectivity index (χ3n) is 3.04. The maximum absolute atomic E-state index is 4.27. The first kappa shape index (κ1) is 10.1. The highest BCUT2D eigenvalue weighted by atomic mass is 32.1. The van der Waals surface area contributed by atoms with Crippen LogP contribution in [0.2, 0.25) is 0 Å². The van der Waals surface area contributed by atoms with Crippen molar-refractivity contribution < 1.29 is 0 Å². The van der Waals surface area contributed by atoms with Gasteiger partial charge in [-0.2, -0.15) is 0 Å². The molecule has 0 bridgehead atoms. The normalized spacial score (nSPS) is 27.8. The van der Waals surface area contributed by atoms with Crippen molar-refractivity contribution in [3.8, 4) is 0 Å². The van der Waals surface area contributed by atoms with Crippen LogP contribution in [-0.2, 0) is 6.54 Å². The Hall–Kier alpha value is -0.410. The smallest absolute Gasteiger partial charge is 0.106 e. The van der Waals surface area contributed by atoms with Crippen molar-refractivity contribution in [3.05, 3.63) is 16.6 Å². The van der Waals surface area contributed by atoms with Crippen LogP contribution in [0.25, 0.3) is 0 Å². The van der Waals surface area contributed by atoms with Gasteiger partial charge in [0.2, 0.25) is 0 Å². The lowest BCUT2D eigenvalue weighted by atomic mass is 9.87. The Morgan fingerprint density at radius 1 is 1.43 bits per heavy atom. The zero-order chi connectivity index (χ0) is 9.80. The Balaban J connectivity index is 1.71. The Morgan fingerprint density at radius 2 is 2.21 bits per heavy atom. The molecule has 2 nitrogen and oxygen atoms in total. The summed E-state index contributed by atoms with van der Waals surface area (Å²) in [5, 5.41) is 6.85. The van der Waals surface area contributed by atoms with E-state index >= 15 is 0 Å². The molecule has 1 aliphatic carbocycles. The first-order valence-corrected chi connectivity index (χ1v) is 6.34. The standard InChI is InChI=1S/C11H18N2S/c1-9-2-4-10(5-3-9)13-8-11-12-6-7-14-11/h6-7,9-10,13H,2-5,8H2,1H3/t9-,10+. The summed E-state index contributed by atoms with van der Waals surface area (Å²) in [5.74, 6) is 0.938. The Kier molecular flexibility index (Phi) is 3.54. The molecule has 0 unspecified atom stereocenters. The van der Waals surface area contributed by atoms with E-state index < -0.39 is 0 Å². The van der Waals surface area contributed by atoms with Crippen molar-refractivity contribution >= 4 is 11.3 Å².